The highest BCUT2D eigenvalue weighted by atomic mass is 15.3. The molecule has 2 fully saturated rings. The van der Waals surface area contributed by atoms with Gasteiger partial charge in [-0.2, -0.15) is 5.10 Å². The molecule has 2 saturated heterocycles. The van der Waals surface area contributed by atoms with Gasteiger partial charge in [-0.3, -0.25) is 4.68 Å². The van der Waals surface area contributed by atoms with Gasteiger partial charge in [-0.15, -0.1) is 0 Å². The average Bonchev–Trinajstić information content (AvgIpc) is 3.25. The van der Waals surface area contributed by atoms with E-state index in [0.717, 1.165) is 22.6 Å². The Bertz CT molecular complexity index is 1390. The summed E-state index contributed by atoms with van der Waals surface area (Å²) in [7, 11) is 6.06. The maximum absolute atomic E-state index is 4.47. The van der Waals surface area contributed by atoms with E-state index in [9.17, 15) is 0 Å². The number of nitrogens with zero attached hydrogens (tertiary/aromatic N) is 6. The number of aromatic nitrogens is 4. The summed E-state index contributed by atoms with van der Waals surface area (Å²) in [6.45, 7) is 10.7. The molecule has 3 aromatic heterocycles. The standard InChI is InChI=1S/C15H16N4.C15H21N3/c1-10-14(9-18-19(10)3)11-4-5-12-8-17-15(16-2)7-13(12)6-11;1-3-13-4-7-16-14(10-13)18-11-15(12-18)5-8-17(2)9-6-15/h4-9H,1-3H3,(H,16,17);3-4,7,10H,1,5-6,8-9,11-12H2,2H3. The predicted molar refractivity (Wildman–Crippen MR) is 154 cm³/mol. The highest BCUT2D eigenvalue weighted by Gasteiger charge is 2.44. The zero-order valence-corrected chi connectivity index (χ0v) is 22.4. The number of nitrogens with one attached hydrogen (secondary N) is 1. The van der Waals surface area contributed by atoms with Crippen molar-refractivity contribution in [3.05, 3.63) is 72.8 Å². The van der Waals surface area contributed by atoms with Crippen LogP contribution in [0.4, 0.5) is 11.6 Å². The van der Waals surface area contributed by atoms with Crippen molar-refractivity contribution in [1.82, 2.24) is 24.6 Å². The smallest absolute Gasteiger partial charge is 0.129 e. The van der Waals surface area contributed by atoms with Crippen LogP contribution >= 0.6 is 0 Å². The number of fused-ring (bicyclic) bond motifs is 1. The fourth-order valence-corrected chi connectivity index (χ4v) is 5.30. The molecule has 0 bridgehead atoms. The molecule has 0 amide bonds. The zero-order valence-electron chi connectivity index (χ0n) is 22.4. The molecule has 2 aliphatic rings. The molecule has 37 heavy (non-hydrogen) atoms. The molecule has 6 rings (SSSR count). The van der Waals surface area contributed by atoms with Crippen molar-refractivity contribution >= 4 is 28.5 Å². The summed E-state index contributed by atoms with van der Waals surface area (Å²) >= 11 is 0. The first kappa shape index (κ1) is 25.0. The molecule has 5 heterocycles. The van der Waals surface area contributed by atoms with Crippen molar-refractivity contribution < 1.29 is 0 Å². The summed E-state index contributed by atoms with van der Waals surface area (Å²) in [5.74, 6) is 1.99. The van der Waals surface area contributed by atoms with Crippen LogP contribution in [0.15, 0.2) is 61.6 Å². The van der Waals surface area contributed by atoms with E-state index in [-0.39, 0.29) is 0 Å². The number of aryl methyl sites for hydroxylation is 1. The minimum absolute atomic E-state index is 0.568. The first-order chi connectivity index (χ1) is 17.9. The predicted octanol–water partition coefficient (Wildman–Crippen LogP) is 5.24. The number of likely N-dealkylation sites (tertiary alicyclic amines) is 1. The minimum Gasteiger partial charge on any atom is -0.373 e. The number of pyridine rings is 2. The molecule has 1 N–H and O–H groups in total. The van der Waals surface area contributed by atoms with E-state index >= 15 is 0 Å². The molecule has 7 heteroatoms. The summed E-state index contributed by atoms with van der Waals surface area (Å²) < 4.78 is 1.89. The molecule has 2 aliphatic heterocycles. The highest BCUT2D eigenvalue weighted by Crippen LogP contribution is 2.41. The van der Waals surface area contributed by atoms with Crippen LogP contribution in [0.3, 0.4) is 0 Å². The second-order valence-electron chi connectivity index (χ2n) is 10.5. The van der Waals surface area contributed by atoms with Gasteiger partial charge in [-0.05, 0) is 80.7 Å². The Hall–Kier alpha value is -3.71. The van der Waals surface area contributed by atoms with Gasteiger partial charge in [0.05, 0.1) is 6.20 Å². The lowest BCUT2D eigenvalue weighted by atomic mass is 9.72. The molecule has 0 unspecified atom stereocenters. The molecule has 4 aromatic rings. The van der Waals surface area contributed by atoms with Gasteiger partial charge < -0.3 is 15.1 Å². The third kappa shape index (κ3) is 5.23. The average molecular weight is 496 g/mol. The van der Waals surface area contributed by atoms with Crippen molar-refractivity contribution in [1.29, 1.82) is 0 Å². The monoisotopic (exact) mass is 495 g/mol. The largest absolute Gasteiger partial charge is 0.373 e. The molecule has 1 aromatic carbocycles. The van der Waals surface area contributed by atoms with E-state index in [1.807, 2.05) is 49.5 Å². The van der Waals surface area contributed by atoms with Crippen molar-refractivity contribution in [2.24, 2.45) is 12.5 Å². The minimum atomic E-state index is 0.568. The quantitative estimate of drug-likeness (QED) is 0.418. The molecule has 0 atom stereocenters. The lowest BCUT2D eigenvalue weighted by molar-refractivity contribution is 0.0900. The summed E-state index contributed by atoms with van der Waals surface area (Å²) in [6, 6.07) is 12.6. The Balaban J connectivity index is 0.000000152. The number of piperidine rings is 1. The van der Waals surface area contributed by atoms with Crippen LogP contribution in [-0.2, 0) is 7.05 Å². The topological polar surface area (TPSA) is 62.1 Å². The number of hydrogen-bond acceptors (Lipinski definition) is 6. The summed E-state index contributed by atoms with van der Waals surface area (Å²) in [4.78, 5) is 13.6. The van der Waals surface area contributed by atoms with Crippen LogP contribution in [0.1, 0.15) is 24.1 Å². The Morgan fingerprint density at radius 2 is 1.76 bits per heavy atom. The van der Waals surface area contributed by atoms with Gasteiger partial charge in [-0.1, -0.05) is 24.8 Å². The summed E-state index contributed by atoms with van der Waals surface area (Å²) in [5.41, 5.74) is 5.25. The van der Waals surface area contributed by atoms with Crippen molar-refractivity contribution in [3.63, 3.8) is 0 Å². The first-order valence-corrected chi connectivity index (χ1v) is 13.0. The normalized spacial score (nSPS) is 16.7. The molecule has 192 valence electrons. The Labute approximate surface area is 219 Å². The van der Waals surface area contributed by atoms with Crippen molar-refractivity contribution in [3.8, 4) is 11.1 Å². The van der Waals surface area contributed by atoms with Crippen LogP contribution in [0.5, 0.6) is 0 Å². The van der Waals surface area contributed by atoms with Gasteiger partial charge in [0.1, 0.15) is 11.6 Å². The van der Waals surface area contributed by atoms with E-state index in [4.69, 9.17) is 0 Å². The Morgan fingerprint density at radius 3 is 2.43 bits per heavy atom. The number of anilines is 2. The van der Waals surface area contributed by atoms with Crippen LogP contribution < -0.4 is 10.2 Å². The third-order valence-electron chi connectivity index (χ3n) is 7.95. The van der Waals surface area contributed by atoms with Gasteiger partial charge in [0, 0.05) is 61.6 Å². The van der Waals surface area contributed by atoms with Crippen LogP contribution in [0.25, 0.3) is 28.0 Å². The van der Waals surface area contributed by atoms with E-state index in [1.54, 1.807) is 0 Å². The Kier molecular flexibility index (Phi) is 6.98. The van der Waals surface area contributed by atoms with E-state index < -0.39 is 0 Å². The van der Waals surface area contributed by atoms with Crippen molar-refractivity contribution in [2.45, 2.75) is 19.8 Å². The number of rotatable bonds is 4. The molecular formula is C30H37N7. The van der Waals surface area contributed by atoms with Crippen LogP contribution in [0.2, 0.25) is 0 Å². The third-order valence-corrected chi connectivity index (χ3v) is 7.95. The SMILES string of the molecule is C=Cc1ccnc(N2CC3(CCN(C)CC3)C2)c1.CNc1cc2cc(-c3cnn(C)c3C)ccc2cn1. The number of hydrogen-bond donors (Lipinski definition) is 1. The zero-order chi connectivity index (χ0) is 26.0. The summed E-state index contributed by atoms with van der Waals surface area (Å²) in [6.07, 6.45) is 10.2. The van der Waals surface area contributed by atoms with Gasteiger partial charge in [0.15, 0.2) is 0 Å². The fourth-order valence-electron chi connectivity index (χ4n) is 5.30. The lowest BCUT2D eigenvalue weighted by Gasteiger charge is -2.54. The van der Waals surface area contributed by atoms with Crippen molar-refractivity contribution in [2.75, 3.05) is 50.5 Å². The molecule has 0 aliphatic carbocycles. The van der Waals surface area contributed by atoms with E-state index in [0.29, 0.717) is 5.41 Å². The summed E-state index contributed by atoms with van der Waals surface area (Å²) in [5, 5.41) is 9.69. The van der Waals surface area contributed by atoms with Gasteiger partial charge in [0.2, 0.25) is 0 Å². The van der Waals surface area contributed by atoms with Gasteiger partial charge in [0.25, 0.3) is 0 Å². The highest BCUT2D eigenvalue weighted by molar-refractivity contribution is 5.88. The van der Waals surface area contributed by atoms with E-state index in [2.05, 4.69) is 81.1 Å². The molecule has 0 saturated carbocycles. The lowest BCUT2D eigenvalue weighted by Crippen LogP contribution is -2.60. The molecular weight excluding hydrogens is 458 g/mol. The second kappa shape index (κ2) is 10.3. The maximum Gasteiger partial charge on any atom is 0.129 e. The van der Waals surface area contributed by atoms with Crippen LogP contribution in [0, 0.1) is 12.3 Å². The number of benzene rings is 1. The van der Waals surface area contributed by atoms with Crippen LogP contribution in [-0.4, -0.2) is 64.9 Å². The first-order valence-electron chi connectivity index (χ1n) is 13.0. The maximum atomic E-state index is 4.47. The molecule has 1 spiro atoms. The van der Waals surface area contributed by atoms with Gasteiger partial charge >= 0.3 is 0 Å². The molecule has 0 radical (unpaired) electrons. The fraction of sp³-hybridized carbons (Fsp3) is 0.367. The second-order valence-corrected chi connectivity index (χ2v) is 10.5. The Morgan fingerprint density at radius 1 is 0.973 bits per heavy atom. The molecule has 7 nitrogen and oxygen atoms in total. The van der Waals surface area contributed by atoms with E-state index in [1.165, 1.54) is 61.2 Å². The van der Waals surface area contributed by atoms with Gasteiger partial charge in [-0.25, -0.2) is 9.97 Å².